The van der Waals surface area contributed by atoms with Gasteiger partial charge in [0.2, 0.25) is 5.91 Å². The van der Waals surface area contributed by atoms with Crippen molar-refractivity contribution in [2.75, 3.05) is 19.6 Å². The molecular formula is C23H24N4O2. The Hall–Kier alpha value is -3.41. The SMILES string of the molecule is O=C(NCC(=O)N1CCCC(c2[nH]ncc2-c2ccccc2)C1)c1ccccc1. The van der Waals surface area contributed by atoms with Crippen molar-refractivity contribution in [2.24, 2.45) is 0 Å². The van der Waals surface area contributed by atoms with Crippen molar-refractivity contribution in [2.45, 2.75) is 18.8 Å². The van der Waals surface area contributed by atoms with Crippen LogP contribution in [0.3, 0.4) is 0 Å². The molecule has 0 bridgehead atoms. The lowest BCUT2D eigenvalue weighted by Crippen LogP contribution is -2.44. The molecule has 2 N–H and O–H groups in total. The molecule has 2 heterocycles. The molecule has 1 unspecified atom stereocenters. The van der Waals surface area contributed by atoms with E-state index in [9.17, 15) is 9.59 Å². The van der Waals surface area contributed by atoms with Gasteiger partial charge in [-0.2, -0.15) is 5.10 Å². The second-order valence-corrected chi connectivity index (χ2v) is 7.29. The predicted molar refractivity (Wildman–Crippen MR) is 111 cm³/mol. The molecule has 1 fully saturated rings. The van der Waals surface area contributed by atoms with E-state index in [1.54, 1.807) is 24.3 Å². The fourth-order valence-electron chi connectivity index (χ4n) is 3.85. The quantitative estimate of drug-likeness (QED) is 0.704. The van der Waals surface area contributed by atoms with Gasteiger partial charge in [0.1, 0.15) is 0 Å². The first-order valence-electron chi connectivity index (χ1n) is 9.92. The third kappa shape index (κ3) is 4.37. The van der Waals surface area contributed by atoms with Gasteiger partial charge < -0.3 is 10.2 Å². The number of H-pyrrole nitrogens is 1. The highest BCUT2D eigenvalue weighted by Gasteiger charge is 2.27. The van der Waals surface area contributed by atoms with Crippen molar-refractivity contribution in [3.05, 3.63) is 78.1 Å². The standard InChI is InChI=1S/C23H24N4O2/c28-21(15-24-23(29)18-10-5-2-6-11-18)27-13-7-12-19(16-27)22-20(14-25-26-22)17-8-3-1-4-9-17/h1-6,8-11,14,19H,7,12-13,15-16H2,(H,24,29)(H,25,26). The Kier molecular flexibility index (Phi) is 5.70. The molecular weight excluding hydrogens is 364 g/mol. The van der Waals surface area contributed by atoms with Crippen molar-refractivity contribution in [1.29, 1.82) is 0 Å². The van der Waals surface area contributed by atoms with E-state index in [1.807, 2.05) is 35.4 Å². The minimum atomic E-state index is -0.229. The third-order valence-corrected chi connectivity index (χ3v) is 5.37. The van der Waals surface area contributed by atoms with Gasteiger partial charge in [0.05, 0.1) is 12.7 Å². The summed E-state index contributed by atoms with van der Waals surface area (Å²) in [4.78, 5) is 26.7. The maximum absolute atomic E-state index is 12.7. The number of rotatable bonds is 5. The summed E-state index contributed by atoms with van der Waals surface area (Å²) in [5.74, 6) is -0.0811. The van der Waals surface area contributed by atoms with Crippen molar-refractivity contribution < 1.29 is 9.59 Å². The third-order valence-electron chi connectivity index (χ3n) is 5.37. The van der Waals surface area contributed by atoms with Crippen LogP contribution in [0.4, 0.5) is 0 Å². The number of hydrogen-bond acceptors (Lipinski definition) is 3. The zero-order chi connectivity index (χ0) is 20.1. The number of benzene rings is 2. The van der Waals surface area contributed by atoms with E-state index in [2.05, 4.69) is 27.6 Å². The van der Waals surface area contributed by atoms with Gasteiger partial charge in [-0.25, -0.2) is 0 Å². The van der Waals surface area contributed by atoms with Crippen LogP contribution in [0.25, 0.3) is 11.1 Å². The minimum Gasteiger partial charge on any atom is -0.343 e. The van der Waals surface area contributed by atoms with E-state index in [4.69, 9.17) is 0 Å². The number of piperidine rings is 1. The Morgan fingerprint density at radius 3 is 2.55 bits per heavy atom. The van der Waals surface area contributed by atoms with Gasteiger partial charge in [-0.05, 0) is 30.5 Å². The Morgan fingerprint density at radius 2 is 1.79 bits per heavy atom. The number of likely N-dealkylation sites (tertiary alicyclic amines) is 1. The lowest BCUT2D eigenvalue weighted by molar-refractivity contribution is -0.131. The summed E-state index contributed by atoms with van der Waals surface area (Å²) in [6.07, 6.45) is 3.78. The minimum absolute atomic E-state index is 0.00890. The molecule has 0 radical (unpaired) electrons. The molecule has 6 heteroatoms. The largest absolute Gasteiger partial charge is 0.343 e. The number of nitrogens with one attached hydrogen (secondary N) is 2. The number of aromatic nitrogens is 2. The van der Waals surface area contributed by atoms with Crippen LogP contribution >= 0.6 is 0 Å². The average Bonchev–Trinajstić information content (AvgIpc) is 3.28. The van der Waals surface area contributed by atoms with Gasteiger partial charge in [0.15, 0.2) is 0 Å². The molecule has 0 spiro atoms. The molecule has 0 saturated carbocycles. The van der Waals surface area contributed by atoms with Crippen LogP contribution in [-0.4, -0.2) is 46.5 Å². The summed E-state index contributed by atoms with van der Waals surface area (Å²) in [5, 5.41) is 10.1. The highest BCUT2D eigenvalue weighted by molar-refractivity contribution is 5.96. The van der Waals surface area contributed by atoms with Gasteiger partial charge >= 0.3 is 0 Å². The normalized spacial score (nSPS) is 16.4. The van der Waals surface area contributed by atoms with Crippen LogP contribution in [-0.2, 0) is 4.79 Å². The molecule has 148 valence electrons. The van der Waals surface area contributed by atoms with Crippen LogP contribution in [0.1, 0.15) is 34.8 Å². The Balaban J connectivity index is 1.39. The Bertz CT molecular complexity index is 969. The number of amides is 2. The maximum Gasteiger partial charge on any atom is 0.251 e. The van der Waals surface area contributed by atoms with Crippen molar-refractivity contribution in [3.63, 3.8) is 0 Å². The lowest BCUT2D eigenvalue weighted by Gasteiger charge is -2.33. The van der Waals surface area contributed by atoms with Crippen molar-refractivity contribution >= 4 is 11.8 Å². The fraction of sp³-hybridized carbons (Fsp3) is 0.261. The molecule has 2 amide bonds. The Labute approximate surface area is 169 Å². The molecule has 0 aliphatic carbocycles. The molecule has 1 saturated heterocycles. The smallest absolute Gasteiger partial charge is 0.251 e. The second-order valence-electron chi connectivity index (χ2n) is 7.29. The van der Waals surface area contributed by atoms with Gasteiger partial charge in [0.25, 0.3) is 5.91 Å². The summed E-state index contributed by atoms with van der Waals surface area (Å²) in [6.45, 7) is 1.35. The predicted octanol–water partition coefficient (Wildman–Crippen LogP) is 3.21. The first-order chi connectivity index (χ1) is 14.2. The summed E-state index contributed by atoms with van der Waals surface area (Å²) in [5.41, 5.74) is 3.83. The summed E-state index contributed by atoms with van der Waals surface area (Å²) < 4.78 is 0. The first kappa shape index (κ1) is 18.9. The van der Waals surface area contributed by atoms with Crippen LogP contribution in [0, 0.1) is 0 Å². The highest BCUT2D eigenvalue weighted by Crippen LogP contribution is 2.32. The molecule has 3 aromatic rings. The summed E-state index contributed by atoms with van der Waals surface area (Å²) >= 11 is 0. The number of carbonyl (C=O) groups excluding carboxylic acids is 2. The summed E-state index contributed by atoms with van der Waals surface area (Å²) in [6, 6.07) is 19.1. The monoisotopic (exact) mass is 388 g/mol. The number of aromatic amines is 1. The van der Waals surface area contributed by atoms with E-state index < -0.39 is 0 Å². The molecule has 1 aliphatic heterocycles. The second kappa shape index (κ2) is 8.73. The zero-order valence-electron chi connectivity index (χ0n) is 16.2. The molecule has 2 aromatic carbocycles. The van der Waals surface area contributed by atoms with Crippen LogP contribution in [0.5, 0.6) is 0 Å². The maximum atomic E-state index is 12.7. The van der Waals surface area contributed by atoms with Gasteiger partial charge in [0, 0.05) is 35.8 Å². The number of hydrogen-bond donors (Lipinski definition) is 2. The van der Waals surface area contributed by atoms with E-state index in [0.717, 1.165) is 29.7 Å². The van der Waals surface area contributed by atoms with E-state index >= 15 is 0 Å². The van der Waals surface area contributed by atoms with Crippen molar-refractivity contribution in [1.82, 2.24) is 20.4 Å². The summed E-state index contributed by atoms with van der Waals surface area (Å²) in [7, 11) is 0. The van der Waals surface area contributed by atoms with Crippen molar-refractivity contribution in [3.8, 4) is 11.1 Å². The number of nitrogens with zero attached hydrogens (tertiary/aromatic N) is 2. The van der Waals surface area contributed by atoms with E-state index in [-0.39, 0.29) is 24.3 Å². The first-order valence-corrected chi connectivity index (χ1v) is 9.92. The van der Waals surface area contributed by atoms with Gasteiger partial charge in [-0.3, -0.25) is 14.7 Å². The molecule has 1 atom stereocenters. The zero-order valence-corrected chi connectivity index (χ0v) is 16.2. The molecule has 4 rings (SSSR count). The topological polar surface area (TPSA) is 78.1 Å². The van der Waals surface area contributed by atoms with Gasteiger partial charge in [-0.15, -0.1) is 0 Å². The average molecular weight is 388 g/mol. The molecule has 1 aliphatic rings. The molecule has 29 heavy (non-hydrogen) atoms. The molecule has 6 nitrogen and oxygen atoms in total. The van der Waals surface area contributed by atoms with Crippen LogP contribution in [0.15, 0.2) is 66.9 Å². The molecule has 1 aromatic heterocycles. The van der Waals surface area contributed by atoms with Gasteiger partial charge in [-0.1, -0.05) is 48.5 Å². The van der Waals surface area contributed by atoms with Crippen LogP contribution < -0.4 is 5.32 Å². The number of carbonyl (C=O) groups is 2. The Morgan fingerprint density at radius 1 is 1.07 bits per heavy atom. The van der Waals surface area contributed by atoms with E-state index in [0.29, 0.717) is 18.7 Å². The van der Waals surface area contributed by atoms with E-state index in [1.165, 1.54) is 0 Å². The highest BCUT2D eigenvalue weighted by atomic mass is 16.2. The fourth-order valence-corrected chi connectivity index (χ4v) is 3.85. The van der Waals surface area contributed by atoms with Crippen LogP contribution in [0.2, 0.25) is 0 Å². The lowest BCUT2D eigenvalue weighted by atomic mass is 9.90.